The topological polar surface area (TPSA) is 57.6 Å². The van der Waals surface area contributed by atoms with Crippen molar-refractivity contribution in [2.24, 2.45) is 0 Å². The van der Waals surface area contributed by atoms with E-state index in [1.807, 2.05) is 0 Å². The molecule has 1 amide bonds. The molecule has 0 spiro atoms. The molecule has 0 heterocycles. The van der Waals surface area contributed by atoms with Crippen LogP contribution in [0.4, 0.5) is 4.39 Å². The molecule has 1 rings (SSSR count). The normalized spacial score (nSPS) is 9.61. The van der Waals surface area contributed by atoms with Crippen LogP contribution < -0.4 is 0 Å². The molecule has 94 valence electrons. The van der Waals surface area contributed by atoms with Crippen LogP contribution in [0.1, 0.15) is 15.9 Å². The maximum absolute atomic E-state index is 13.5. The van der Waals surface area contributed by atoms with Gasteiger partial charge in [0.1, 0.15) is 12.4 Å². The Morgan fingerprint density at radius 2 is 2.17 bits per heavy atom. The highest BCUT2D eigenvalue weighted by atomic mass is 19.1. The van der Waals surface area contributed by atoms with Crippen LogP contribution in [0.5, 0.6) is 0 Å². The number of carboxylic acid groups (broad SMARTS) is 1. The van der Waals surface area contributed by atoms with Crippen LogP contribution in [-0.2, 0) is 4.79 Å². The van der Waals surface area contributed by atoms with Crippen LogP contribution in [-0.4, -0.2) is 35.0 Å². The number of aryl methyl sites for hydroxylation is 1. The van der Waals surface area contributed by atoms with Crippen LogP contribution in [0.25, 0.3) is 0 Å². The quantitative estimate of drug-likeness (QED) is 0.818. The lowest BCUT2D eigenvalue weighted by Gasteiger charge is -2.18. The highest BCUT2D eigenvalue weighted by Gasteiger charge is 2.20. The number of hydrogen-bond acceptors (Lipinski definition) is 2. The van der Waals surface area contributed by atoms with Crippen LogP contribution in [0.15, 0.2) is 18.2 Å². The number of terminal acetylenes is 1. The Balaban J connectivity index is 3.05. The number of halogens is 1. The van der Waals surface area contributed by atoms with Gasteiger partial charge in [-0.25, -0.2) is 4.39 Å². The Morgan fingerprint density at radius 3 is 2.72 bits per heavy atom. The van der Waals surface area contributed by atoms with Crippen molar-refractivity contribution in [1.82, 2.24) is 4.90 Å². The summed E-state index contributed by atoms with van der Waals surface area (Å²) in [4.78, 5) is 23.5. The number of rotatable bonds is 4. The Morgan fingerprint density at radius 1 is 1.50 bits per heavy atom. The lowest BCUT2D eigenvalue weighted by Crippen LogP contribution is -2.36. The maximum Gasteiger partial charge on any atom is 0.323 e. The zero-order chi connectivity index (χ0) is 13.7. The first kappa shape index (κ1) is 13.7. The molecule has 1 aromatic carbocycles. The fourth-order valence-electron chi connectivity index (χ4n) is 1.45. The second-order valence-electron chi connectivity index (χ2n) is 3.74. The van der Waals surface area contributed by atoms with Crippen LogP contribution >= 0.6 is 0 Å². The number of carbonyl (C=O) groups excluding carboxylic acids is 1. The summed E-state index contributed by atoms with van der Waals surface area (Å²) in [5, 5.41) is 8.67. The maximum atomic E-state index is 13.5. The van der Waals surface area contributed by atoms with Crippen molar-refractivity contribution in [3.8, 4) is 12.3 Å². The predicted octanol–water partition coefficient (Wildman–Crippen LogP) is 1.29. The van der Waals surface area contributed by atoms with Gasteiger partial charge in [-0.3, -0.25) is 9.59 Å². The standard InChI is InChI=1S/C13H12FNO3/c1-3-6-15(8-12(16)17)13(18)10-7-9(2)4-5-11(10)14/h1,4-5,7H,6,8H2,2H3,(H,16,17). The molecule has 0 bridgehead atoms. The van der Waals surface area contributed by atoms with Gasteiger partial charge in [0.2, 0.25) is 0 Å². The minimum absolute atomic E-state index is 0.175. The van der Waals surface area contributed by atoms with E-state index in [4.69, 9.17) is 11.5 Å². The van der Waals surface area contributed by atoms with Crippen LogP contribution in [0.3, 0.4) is 0 Å². The Hall–Kier alpha value is -2.35. The van der Waals surface area contributed by atoms with Crippen molar-refractivity contribution in [3.63, 3.8) is 0 Å². The van der Waals surface area contributed by atoms with E-state index < -0.39 is 24.2 Å². The Bertz CT molecular complexity index is 519. The van der Waals surface area contributed by atoms with E-state index in [1.165, 1.54) is 12.1 Å². The van der Waals surface area contributed by atoms with Crippen molar-refractivity contribution in [1.29, 1.82) is 0 Å². The molecule has 0 aliphatic rings. The first-order valence-electron chi connectivity index (χ1n) is 5.16. The molecule has 1 aromatic rings. The third kappa shape index (κ3) is 3.32. The molecule has 0 saturated carbocycles. The number of aliphatic carboxylic acids is 1. The van der Waals surface area contributed by atoms with Crippen molar-refractivity contribution in [2.45, 2.75) is 6.92 Å². The average molecular weight is 249 g/mol. The van der Waals surface area contributed by atoms with Crippen molar-refractivity contribution in [3.05, 3.63) is 35.1 Å². The van der Waals surface area contributed by atoms with Gasteiger partial charge in [0.25, 0.3) is 5.91 Å². The van der Waals surface area contributed by atoms with Gasteiger partial charge in [0, 0.05) is 0 Å². The van der Waals surface area contributed by atoms with Crippen LogP contribution in [0.2, 0.25) is 0 Å². The first-order valence-corrected chi connectivity index (χ1v) is 5.16. The van der Waals surface area contributed by atoms with E-state index in [1.54, 1.807) is 6.92 Å². The minimum Gasteiger partial charge on any atom is -0.480 e. The molecule has 0 atom stereocenters. The SMILES string of the molecule is C#CCN(CC(=O)O)C(=O)c1cc(C)ccc1F. The summed E-state index contributed by atoms with van der Waals surface area (Å²) in [6.45, 7) is 0.966. The van der Waals surface area contributed by atoms with Crippen molar-refractivity contribution < 1.29 is 19.1 Å². The Labute approximate surface area is 104 Å². The zero-order valence-corrected chi connectivity index (χ0v) is 9.81. The summed E-state index contributed by atoms with van der Waals surface area (Å²) in [6, 6.07) is 4.05. The highest BCUT2D eigenvalue weighted by Crippen LogP contribution is 2.12. The van der Waals surface area contributed by atoms with Gasteiger partial charge in [-0.15, -0.1) is 6.42 Å². The van der Waals surface area contributed by atoms with Crippen molar-refractivity contribution in [2.75, 3.05) is 13.1 Å². The molecular formula is C13H12FNO3. The number of hydrogen-bond donors (Lipinski definition) is 1. The fraction of sp³-hybridized carbons (Fsp3) is 0.231. The third-order valence-corrected chi connectivity index (χ3v) is 2.25. The number of benzene rings is 1. The van der Waals surface area contributed by atoms with Gasteiger partial charge in [0.05, 0.1) is 12.1 Å². The van der Waals surface area contributed by atoms with Gasteiger partial charge in [-0.1, -0.05) is 17.6 Å². The second kappa shape index (κ2) is 5.82. The molecule has 1 N–H and O–H groups in total. The second-order valence-corrected chi connectivity index (χ2v) is 3.74. The van der Waals surface area contributed by atoms with Gasteiger partial charge < -0.3 is 10.0 Å². The molecule has 0 radical (unpaired) electrons. The summed E-state index contributed by atoms with van der Waals surface area (Å²) in [5.74, 6) is -0.447. The summed E-state index contributed by atoms with van der Waals surface area (Å²) >= 11 is 0. The van der Waals surface area contributed by atoms with E-state index in [9.17, 15) is 14.0 Å². The number of amides is 1. The van der Waals surface area contributed by atoms with Gasteiger partial charge in [-0.05, 0) is 19.1 Å². The molecule has 0 aliphatic heterocycles. The Kier molecular flexibility index (Phi) is 4.44. The average Bonchev–Trinajstić information content (AvgIpc) is 2.30. The van der Waals surface area contributed by atoms with E-state index in [-0.39, 0.29) is 12.1 Å². The molecular weight excluding hydrogens is 237 g/mol. The summed E-state index contributed by atoms with van der Waals surface area (Å²) in [7, 11) is 0. The first-order chi connectivity index (χ1) is 8.45. The highest BCUT2D eigenvalue weighted by molar-refractivity contribution is 5.96. The van der Waals surface area contributed by atoms with Gasteiger partial charge in [0.15, 0.2) is 0 Å². The number of nitrogens with zero attached hydrogens (tertiary/aromatic N) is 1. The molecule has 18 heavy (non-hydrogen) atoms. The lowest BCUT2D eigenvalue weighted by atomic mass is 10.1. The van der Waals surface area contributed by atoms with Crippen LogP contribution in [0, 0.1) is 25.1 Å². The summed E-state index contributed by atoms with van der Waals surface area (Å²) in [6.07, 6.45) is 5.06. The van der Waals surface area contributed by atoms with E-state index >= 15 is 0 Å². The lowest BCUT2D eigenvalue weighted by molar-refractivity contribution is -0.137. The smallest absolute Gasteiger partial charge is 0.323 e. The summed E-state index contributed by atoms with van der Waals surface area (Å²) < 4.78 is 13.5. The monoisotopic (exact) mass is 249 g/mol. The van der Waals surface area contributed by atoms with E-state index in [2.05, 4.69) is 5.92 Å². The largest absolute Gasteiger partial charge is 0.480 e. The molecule has 5 heteroatoms. The molecule has 4 nitrogen and oxygen atoms in total. The van der Waals surface area contributed by atoms with E-state index in [0.29, 0.717) is 5.56 Å². The van der Waals surface area contributed by atoms with Gasteiger partial charge >= 0.3 is 5.97 Å². The fourth-order valence-corrected chi connectivity index (χ4v) is 1.45. The predicted molar refractivity (Wildman–Crippen MR) is 63.5 cm³/mol. The molecule has 0 aromatic heterocycles. The van der Waals surface area contributed by atoms with E-state index in [0.717, 1.165) is 11.0 Å². The molecule has 0 aliphatic carbocycles. The molecule has 0 fully saturated rings. The number of carbonyl (C=O) groups is 2. The zero-order valence-electron chi connectivity index (χ0n) is 9.81. The molecule has 0 unspecified atom stereocenters. The van der Waals surface area contributed by atoms with Crippen molar-refractivity contribution >= 4 is 11.9 Å². The molecule has 0 saturated heterocycles. The minimum atomic E-state index is -1.20. The van der Waals surface area contributed by atoms with Gasteiger partial charge in [-0.2, -0.15) is 0 Å². The third-order valence-electron chi connectivity index (χ3n) is 2.25. The number of carboxylic acids is 1. The summed E-state index contributed by atoms with van der Waals surface area (Å²) in [5.41, 5.74) is 0.530.